The van der Waals surface area contributed by atoms with Crippen molar-refractivity contribution in [1.29, 1.82) is 0 Å². The standard InChI is InChI=1S/C4H4N6O2S2/c5-14(11,12)3-8-2-6-1-7-4(13)10(2)9-3/h1H,(H2,5,11,12)(H,6,7,8,9,13). The van der Waals surface area contributed by atoms with Gasteiger partial charge in [0.15, 0.2) is 0 Å². The zero-order valence-electron chi connectivity index (χ0n) is 6.58. The van der Waals surface area contributed by atoms with E-state index in [-0.39, 0.29) is 10.5 Å². The number of hydrogen-bond donors (Lipinski definition) is 2. The number of aromatic nitrogens is 5. The highest BCUT2D eigenvalue weighted by molar-refractivity contribution is 7.89. The highest BCUT2D eigenvalue weighted by Crippen LogP contribution is 2.01. The summed E-state index contributed by atoms with van der Waals surface area (Å²) in [5.41, 5.74) is 0. The summed E-state index contributed by atoms with van der Waals surface area (Å²) in [6, 6.07) is 0. The van der Waals surface area contributed by atoms with Crippen LogP contribution in [0.2, 0.25) is 0 Å². The normalized spacial score (nSPS) is 12.1. The molecule has 0 aromatic carbocycles. The summed E-state index contributed by atoms with van der Waals surface area (Å²) in [6.45, 7) is 0. The molecule has 0 fully saturated rings. The Bertz CT molecular complexity index is 639. The minimum absolute atomic E-state index is 0.106. The number of rotatable bonds is 1. The van der Waals surface area contributed by atoms with Gasteiger partial charge in [0, 0.05) is 0 Å². The lowest BCUT2D eigenvalue weighted by Gasteiger charge is -1.88. The predicted molar refractivity (Wildman–Crippen MR) is 47.3 cm³/mol. The fourth-order valence-corrected chi connectivity index (χ4v) is 1.45. The van der Waals surface area contributed by atoms with Crippen molar-refractivity contribution in [2.75, 3.05) is 0 Å². The van der Waals surface area contributed by atoms with Crippen LogP contribution in [-0.4, -0.2) is 33.0 Å². The molecule has 0 radical (unpaired) electrons. The second kappa shape index (κ2) is 2.80. The molecule has 0 atom stereocenters. The average molecular weight is 232 g/mol. The summed E-state index contributed by atoms with van der Waals surface area (Å²) in [5.74, 6) is 0.106. The van der Waals surface area contributed by atoms with E-state index in [1.54, 1.807) is 0 Å². The molecule has 0 bridgehead atoms. The highest BCUT2D eigenvalue weighted by atomic mass is 32.2. The lowest BCUT2D eigenvalue weighted by molar-refractivity contribution is 0.588. The van der Waals surface area contributed by atoms with Crippen molar-refractivity contribution < 1.29 is 8.42 Å². The largest absolute Gasteiger partial charge is 0.273 e. The van der Waals surface area contributed by atoms with Crippen LogP contribution in [0.5, 0.6) is 0 Å². The molecule has 0 unspecified atom stereocenters. The molecule has 0 aliphatic rings. The van der Waals surface area contributed by atoms with Crippen LogP contribution in [0.25, 0.3) is 5.78 Å². The molecule has 2 heterocycles. The maximum atomic E-state index is 10.9. The van der Waals surface area contributed by atoms with Crippen molar-refractivity contribution in [3.8, 4) is 0 Å². The van der Waals surface area contributed by atoms with Crippen LogP contribution in [0.15, 0.2) is 11.5 Å². The first kappa shape index (κ1) is 9.18. The quantitative estimate of drug-likeness (QED) is 0.598. The van der Waals surface area contributed by atoms with Crippen LogP contribution >= 0.6 is 12.2 Å². The van der Waals surface area contributed by atoms with E-state index in [9.17, 15) is 8.42 Å². The fourth-order valence-electron chi connectivity index (χ4n) is 0.846. The molecule has 0 aliphatic heterocycles. The molecule has 2 rings (SSSR count). The Hall–Kier alpha value is -1.39. The Balaban J connectivity index is 2.88. The molecule has 0 saturated heterocycles. The number of nitrogens with one attached hydrogen (secondary N) is 1. The first-order chi connectivity index (χ1) is 6.48. The van der Waals surface area contributed by atoms with E-state index >= 15 is 0 Å². The monoisotopic (exact) mass is 232 g/mol. The van der Waals surface area contributed by atoms with Gasteiger partial charge < -0.3 is 0 Å². The Morgan fingerprint density at radius 2 is 2.21 bits per heavy atom. The van der Waals surface area contributed by atoms with E-state index in [0.29, 0.717) is 0 Å². The minimum Gasteiger partial charge on any atom is -0.261 e. The number of aromatic amines is 1. The van der Waals surface area contributed by atoms with Crippen molar-refractivity contribution in [2.24, 2.45) is 5.14 Å². The summed E-state index contributed by atoms with van der Waals surface area (Å²) < 4.78 is 23.1. The topological polar surface area (TPSA) is 119 Å². The van der Waals surface area contributed by atoms with Crippen LogP contribution in [-0.2, 0) is 10.0 Å². The number of hydrogen-bond acceptors (Lipinski definition) is 6. The molecule has 2 aromatic heterocycles. The van der Waals surface area contributed by atoms with E-state index < -0.39 is 15.2 Å². The molecule has 3 N–H and O–H groups in total. The van der Waals surface area contributed by atoms with Gasteiger partial charge in [0.05, 0.1) is 0 Å². The Kier molecular flexibility index (Phi) is 1.83. The molecule has 10 heteroatoms. The van der Waals surface area contributed by atoms with Gasteiger partial charge in [-0.25, -0.2) is 18.5 Å². The maximum Gasteiger partial charge on any atom is 0.273 e. The predicted octanol–water partition coefficient (Wildman–Crippen LogP) is -1.17. The molecule has 0 amide bonds. The van der Waals surface area contributed by atoms with Crippen LogP contribution in [0.1, 0.15) is 0 Å². The van der Waals surface area contributed by atoms with Gasteiger partial charge in [0.25, 0.3) is 21.0 Å². The second-order valence-corrected chi connectivity index (χ2v) is 4.21. The van der Waals surface area contributed by atoms with E-state index in [1.165, 1.54) is 6.33 Å². The third-order valence-corrected chi connectivity index (χ3v) is 2.42. The first-order valence-electron chi connectivity index (χ1n) is 3.31. The molecule has 74 valence electrons. The SMILES string of the molecule is NS(=O)(=O)c1nc2ncnc(=S)n2[nH]1. The average Bonchev–Trinajstić information content (AvgIpc) is 2.48. The number of nitrogens with zero attached hydrogens (tertiary/aromatic N) is 4. The maximum absolute atomic E-state index is 10.9. The Morgan fingerprint density at radius 1 is 1.50 bits per heavy atom. The van der Waals surface area contributed by atoms with Gasteiger partial charge in [-0.15, -0.1) is 0 Å². The van der Waals surface area contributed by atoms with E-state index in [4.69, 9.17) is 17.4 Å². The lowest BCUT2D eigenvalue weighted by Crippen LogP contribution is -2.14. The van der Waals surface area contributed by atoms with Gasteiger partial charge in [-0.1, -0.05) is 0 Å². The summed E-state index contributed by atoms with van der Waals surface area (Å²) in [6.07, 6.45) is 1.19. The summed E-state index contributed by atoms with van der Waals surface area (Å²) in [5, 5.41) is 6.82. The minimum atomic E-state index is -3.88. The van der Waals surface area contributed by atoms with Gasteiger partial charge >= 0.3 is 0 Å². The molecule has 14 heavy (non-hydrogen) atoms. The van der Waals surface area contributed by atoms with Gasteiger partial charge in [0.1, 0.15) is 6.33 Å². The Morgan fingerprint density at radius 3 is 2.79 bits per heavy atom. The van der Waals surface area contributed by atoms with Crippen LogP contribution in [0.3, 0.4) is 0 Å². The number of sulfonamides is 1. The number of primary sulfonamides is 1. The molecular weight excluding hydrogens is 228 g/mol. The number of fused-ring (bicyclic) bond motifs is 1. The van der Waals surface area contributed by atoms with Crippen LogP contribution < -0.4 is 5.14 Å². The third-order valence-electron chi connectivity index (χ3n) is 1.41. The second-order valence-electron chi connectivity index (χ2n) is 2.37. The zero-order valence-corrected chi connectivity index (χ0v) is 8.21. The molecular formula is C4H4N6O2S2. The highest BCUT2D eigenvalue weighted by Gasteiger charge is 2.14. The first-order valence-corrected chi connectivity index (χ1v) is 5.26. The van der Waals surface area contributed by atoms with Crippen molar-refractivity contribution in [2.45, 2.75) is 5.16 Å². The van der Waals surface area contributed by atoms with Crippen LogP contribution in [0.4, 0.5) is 0 Å². The molecule has 2 aromatic rings. The summed E-state index contributed by atoms with van der Waals surface area (Å²) in [7, 11) is -3.88. The van der Waals surface area contributed by atoms with E-state index in [0.717, 1.165) is 4.52 Å². The Labute approximate surface area is 82.9 Å². The van der Waals surface area contributed by atoms with Gasteiger partial charge in [0.2, 0.25) is 4.77 Å². The van der Waals surface area contributed by atoms with Gasteiger partial charge in [-0.05, 0) is 12.2 Å². The van der Waals surface area contributed by atoms with Gasteiger partial charge in [-0.2, -0.15) is 14.5 Å². The van der Waals surface area contributed by atoms with Crippen molar-refractivity contribution in [3.05, 3.63) is 11.1 Å². The smallest absolute Gasteiger partial charge is 0.261 e. The summed E-state index contributed by atoms with van der Waals surface area (Å²) in [4.78, 5) is 11.0. The zero-order chi connectivity index (χ0) is 10.3. The van der Waals surface area contributed by atoms with Crippen molar-refractivity contribution >= 4 is 28.0 Å². The molecule has 0 spiro atoms. The van der Waals surface area contributed by atoms with Gasteiger partial charge in [-0.3, -0.25) is 5.10 Å². The lowest BCUT2D eigenvalue weighted by atomic mass is 11.0. The number of nitrogens with two attached hydrogens (primary N) is 1. The van der Waals surface area contributed by atoms with Crippen molar-refractivity contribution in [1.82, 2.24) is 24.6 Å². The van der Waals surface area contributed by atoms with Crippen LogP contribution in [0, 0.1) is 4.77 Å². The third kappa shape index (κ3) is 1.38. The van der Waals surface area contributed by atoms with E-state index in [1.807, 2.05) is 0 Å². The summed E-state index contributed by atoms with van der Waals surface area (Å²) >= 11 is 4.79. The van der Waals surface area contributed by atoms with E-state index in [2.05, 4.69) is 20.1 Å². The number of H-pyrrole nitrogens is 1. The van der Waals surface area contributed by atoms with Crippen molar-refractivity contribution in [3.63, 3.8) is 0 Å². The molecule has 8 nitrogen and oxygen atoms in total. The fraction of sp³-hybridized carbons (Fsp3) is 0. The molecule has 0 aliphatic carbocycles. The molecule has 0 saturated carbocycles.